The molecule has 0 aromatic heterocycles. The summed E-state index contributed by atoms with van der Waals surface area (Å²) in [5.74, 6) is 0. The third-order valence-corrected chi connectivity index (χ3v) is 3.83. The van der Waals surface area contributed by atoms with Gasteiger partial charge in [0.15, 0.2) is 0 Å². The Balaban J connectivity index is 2.08. The third-order valence-electron chi connectivity index (χ3n) is 3.83. The number of aryl methyl sites for hydroxylation is 2. The van der Waals surface area contributed by atoms with E-state index in [9.17, 15) is 5.11 Å². The highest BCUT2D eigenvalue weighted by Gasteiger charge is 2.21. The molecule has 2 heteroatoms. The Labute approximate surface area is 104 Å². The van der Waals surface area contributed by atoms with Crippen molar-refractivity contribution in [2.45, 2.75) is 45.7 Å². The molecule has 0 bridgehead atoms. The van der Waals surface area contributed by atoms with Gasteiger partial charge in [-0.1, -0.05) is 30.2 Å². The molecule has 1 heterocycles. The van der Waals surface area contributed by atoms with Crippen LogP contribution in [-0.2, 0) is 6.54 Å². The van der Waals surface area contributed by atoms with Crippen molar-refractivity contribution in [2.75, 3.05) is 13.2 Å². The molecule has 0 amide bonds. The molecule has 0 unspecified atom stereocenters. The molecule has 94 valence electrons. The van der Waals surface area contributed by atoms with Gasteiger partial charge in [0, 0.05) is 12.6 Å². The van der Waals surface area contributed by atoms with Crippen LogP contribution in [0, 0.1) is 13.8 Å². The number of hydrogen-bond donors (Lipinski definition) is 1. The van der Waals surface area contributed by atoms with Gasteiger partial charge in [-0.05, 0) is 44.4 Å². The van der Waals surface area contributed by atoms with Crippen LogP contribution in [0.2, 0.25) is 0 Å². The smallest absolute Gasteiger partial charge is 0.0586 e. The first-order valence-electron chi connectivity index (χ1n) is 6.61. The van der Waals surface area contributed by atoms with E-state index in [0.717, 1.165) is 19.5 Å². The topological polar surface area (TPSA) is 23.5 Å². The van der Waals surface area contributed by atoms with Gasteiger partial charge >= 0.3 is 0 Å². The lowest BCUT2D eigenvalue weighted by molar-refractivity contribution is 0.0839. The van der Waals surface area contributed by atoms with Crippen molar-refractivity contribution in [2.24, 2.45) is 0 Å². The molecule has 1 atom stereocenters. The number of piperidine rings is 1. The Kier molecular flexibility index (Phi) is 4.19. The second-order valence-electron chi connectivity index (χ2n) is 5.23. The first-order valence-corrected chi connectivity index (χ1v) is 6.61. The normalized spacial score (nSPS) is 21.7. The van der Waals surface area contributed by atoms with Crippen molar-refractivity contribution >= 4 is 0 Å². The Hall–Kier alpha value is -0.860. The first kappa shape index (κ1) is 12.6. The first-order chi connectivity index (χ1) is 8.20. The Morgan fingerprint density at radius 1 is 1.29 bits per heavy atom. The van der Waals surface area contributed by atoms with Crippen molar-refractivity contribution in [1.82, 2.24) is 4.90 Å². The standard InChI is InChI=1S/C15H23NO/c1-12-6-7-14(13(2)9-12)10-16-8-4-3-5-15(16)11-17/h6-7,9,15,17H,3-5,8,10-11H2,1-2H3/t15-/m0/s1. The maximum atomic E-state index is 9.41. The predicted molar refractivity (Wildman–Crippen MR) is 71.1 cm³/mol. The van der Waals surface area contributed by atoms with Crippen LogP contribution in [0.15, 0.2) is 18.2 Å². The van der Waals surface area contributed by atoms with E-state index in [4.69, 9.17) is 0 Å². The molecule has 0 saturated carbocycles. The Morgan fingerprint density at radius 3 is 2.82 bits per heavy atom. The molecule has 0 radical (unpaired) electrons. The summed E-state index contributed by atoms with van der Waals surface area (Å²) in [7, 11) is 0. The maximum absolute atomic E-state index is 9.41. The van der Waals surface area contributed by atoms with Crippen molar-refractivity contribution < 1.29 is 5.11 Å². The summed E-state index contributed by atoms with van der Waals surface area (Å²) < 4.78 is 0. The molecule has 1 aromatic carbocycles. The zero-order valence-electron chi connectivity index (χ0n) is 10.9. The average Bonchev–Trinajstić information content (AvgIpc) is 2.33. The van der Waals surface area contributed by atoms with Gasteiger partial charge in [0.25, 0.3) is 0 Å². The molecule has 1 aliphatic rings. The summed E-state index contributed by atoms with van der Waals surface area (Å²) in [6.45, 7) is 6.72. The molecule has 0 spiro atoms. The minimum atomic E-state index is 0.297. The lowest BCUT2D eigenvalue weighted by Crippen LogP contribution is -2.41. The van der Waals surface area contributed by atoms with E-state index in [1.807, 2.05) is 0 Å². The molecule has 0 aliphatic carbocycles. The summed E-state index contributed by atoms with van der Waals surface area (Å²) in [5.41, 5.74) is 4.09. The monoisotopic (exact) mass is 233 g/mol. The minimum absolute atomic E-state index is 0.297. The van der Waals surface area contributed by atoms with Gasteiger partial charge in [-0.2, -0.15) is 0 Å². The molecule has 2 rings (SSSR count). The second-order valence-corrected chi connectivity index (χ2v) is 5.23. The van der Waals surface area contributed by atoms with Crippen LogP contribution in [0.5, 0.6) is 0 Å². The molecular weight excluding hydrogens is 210 g/mol. The van der Waals surface area contributed by atoms with Crippen LogP contribution < -0.4 is 0 Å². The number of rotatable bonds is 3. The van der Waals surface area contributed by atoms with Gasteiger partial charge in [-0.15, -0.1) is 0 Å². The molecule has 1 aromatic rings. The van der Waals surface area contributed by atoms with Gasteiger partial charge in [0.05, 0.1) is 6.61 Å². The van der Waals surface area contributed by atoms with Gasteiger partial charge in [-0.3, -0.25) is 4.90 Å². The number of likely N-dealkylation sites (tertiary alicyclic amines) is 1. The number of aliphatic hydroxyl groups excluding tert-OH is 1. The molecule has 1 fully saturated rings. The maximum Gasteiger partial charge on any atom is 0.0586 e. The van der Waals surface area contributed by atoms with E-state index < -0.39 is 0 Å². The minimum Gasteiger partial charge on any atom is -0.395 e. The quantitative estimate of drug-likeness (QED) is 0.867. The van der Waals surface area contributed by atoms with Gasteiger partial charge < -0.3 is 5.11 Å². The predicted octanol–water partition coefficient (Wildman–Crippen LogP) is 2.65. The lowest BCUT2D eigenvalue weighted by Gasteiger charge is -2.34. The molecule has 1 aliphatic heterocycles. The SMILES string of the molecule is Cc1ccc(CN2CCCC[C@H]2CO)c(C)c1. The fraction of sp³-hybridized carbons (Fsp3) is 0.600. The van der Waals surface area contributed by atoms with E-state index in [1.165, 1.54) is 29.5 Å². The van der Waals surface area contributed by atoms with Crippen molar-refractivity contribution in [1.29, 1.82) is 0 Å². The van der Waals surface area contributed by atoms with Gasteiger partial charge in [0.2, 0.25) is 0 Å². The van der Waals surface area contributed by atoms with Crippen LogP contribution in [0.3, 0.4) is 0 Å². The second kappa shape index (κ2) is 5.65. The van der Waals surface area contributed by atoms with Crippen LogP contribution in [0.25, 0.3) is 0 Å². The van der Waals surface area contributed by atoms with Gasteiger partial charge in [0.1, 0.15) is 0 Å². The van der Waals surface area contributed by atoms with Crippen LogP contribution >= 0.6 is 0 Å². The molecule has 1 N–H and O–H groups in total. The molecular formula is C15H23NO. The zero-order valence-corrected chi connectivity index (χ0v) is 10.9. The van der Waals surface area contributed by atoms with Crippen molar-refractivity contribution in [3.8, 4) is 0 Å². The number of nitrogens with zero attached hydrogens (tertiary/aromatic N) is 1. The van der Waals surface area contributed by atoms with E-state index in [-0.39, 0.29) is 0 Å². The van der Waals surface area contributed by atoms with Gasteiger partial charge in [-0.25, -0.2) is 0 Å². The summed E-state index contributed by atoms with van der Waals surface area (Å²) >= 11 is 0. The summed E-state index contributed by atoms with van der Waals surface area (Å²) in [6.07, 6.45) is 3.66. The Morgan fingerprint density at radius 2 is 2.12 bits per heavy atom. The van der Waals surface area contributed by atoms with E-state index in [0.29, 0.717) is 12.6 Å². The Bertz CT molecular complexity index is 375. The van der Waals surface area contributed by atoms with Crippen LogP contribution in [0.1, 0.15) is 36.0 Å². The molecule has 1 saturated heterocycles. The lowest BCUT2D eigenvalue weighted by atomic mass is 10.00. The fourth-order valence-corrected chi connectivity index (χ4v) is 2.72. The largest absolute Gasteiger partial charge is 0.395 e. The summed E-state index contributed by atoms with van der Waals surface area (Å²) in [6, 6.07) is 7.02. The highest BCUT2D eigenvalue weighted by atomic mass is 16.3. The van der Waals surface area contributed by atoms with Crippen molar-refractivity contribution in [3.63, 3.8) is 0 Å². The number of hydrogen-bond acceptors (Lipinski definition) is 2. The number of benzene rings is 1. The van der Waals surface area contributed by atoms with Crippen molar-refractivity contribution in [3.05, 3.63) is 34.9 Å². The average molecular weight is 233 g/mol. The number of aliphatic hydroxyl groups is 1. The van der Waals surface area contributed by atoms with E-state index in [1.54, 1.807) is 0 Å². The van der Waals surface area contributed by atoms with E-state index in [2.05, 4.69) is 36.9 Å². The molecule has 17 heavy (non-hydrogen) atoms. The fourth-order valence-electron chi connectivity index (χ4n) is 2.72. The summed E-state index contributed by atoms with van der Waals surface area (Å²) in [4.78, 5) is 2.43. The highest BCUT2D eigenvalue weighted by molar-refractivity contribution is 5.30. The summed E-state index contributed by atoms with van der Waals surface area (Å²) in [5, 5.41) is 9.41. The molecule has 2 nitrogen and oxygen atoms in total. The highest BCUT2D eigenvalue weighted by Crippen LogP contribution is 2.21. The van der Waals surface area contributed by atoms with Crippen LogP contribution in [-0.4, -0.2) is 29.2 Å². The van der Waals surface area contributed by atoms with E-state index >= 15 is 0 Å². The van der Waals surface area contributed by atoms with Crippen LogP contribution in [0.4, 0.5) is 0 Å². The zero-order chi connectivity index (χ0) is 12.3. The third kappa shape index (κ3) is 3.08.